The SMILES string of the molecule is CN(C)c1noc(=O)n1CC#N. The van der Waals surface area contributed by atoms with E-state index in [0.717, 1.165) is 4.57 Å². The summed E-state index contributed by atoms with van der Waals surface area (Å²) in [5, 5.41) is 11.9. The molecule has 64 valence electrons. The third kappa shape index (κ3) is 1.29. The van der Waals surface area contributed by atoms with Crippen LogP contribution in [0.5, 0.6) is 0 Å². The lowest BCUT2D eigenvalue weighted by Gasteiger charge is -2.07. The molecule has 0 aliphatic carbocycles. The normalized spacial score (nSPS) is 9.42. The van der Waals surface area contributed by atoms with Gasteiger partial charge in [-0.1, -0.05) is 0 Å². The van der Waals surface area contributed by atoms with Crippen LogP contribution in [-0.4, -0.2) is 23.8 Å². The van der Waals surface area contributed by atoms with Crippen molar-refractivity contribution in [1.29, 1.82) is 5.26 Å². The number of anilines is 1. The first kappa shape index (κ1) is 8.33. The van der Waals surface area contributed by atoms with Gasteiger partial charge in [0, 0.05) is 14.1 Å². The molecule has 1 aromatic heterocycles. The molecule has 6 nitrogen and oxygen atoms in total. The maximum atomic E-state index is 10.9. The average molecular weight is 168 g/mol. The van der Waals surface area contributed by atoms with Gasteiger partial charge in [-0.25, -0.2) is 9.36 Å². The van der Waals surface area contributed by atoms with Crippen LogP contribution in [-0.2, 0) is 6.54 Å². The summed E-state index contributed by atoms with van der Waals surface area (Å²) in [5.74, 6) is -0.262. The smallest absolute Gasteiger partial charge is 0.346 e. The first-order chi connectivity index (χ1) is 5.66. The van der Waals surface area contributed by atoms with E-state index in [1.54, 1.807) is 19.0 Å². The fourth-order valence-electron chi connectivity index (χ4n) is 0.789. The van der Waals surface area contributed by atoms with Gasteiger partial charge in [-0.05, 0) is 5.16 Å². The minimum atomic E-state index is -0.611. The van der Waals surface area contributed by atoms with Crippen LogP contribution in [0.4, 0.5) is 5.95 Å². The number of aromatic nitrogens is 2. The fourth-order valence-corrected chi connectivity index (χ4v) is 0.789. The summed E-state index contributed by atoms with van der Waals surface area (Å²) in [4.78, 5) is 12.5. The van der Waals surface area contributed by atoms with Gasteiger partial charge in [-0.15, -0.1) is 0 Å². The third-order valence-electron chi connectivity index (χ3n) is 1.30. The van der Waals surface area contributed by atoms with Crippen LogP contribution in [0, 0.1) is 11.3 Å². The molecule has 6 heteroatoms. The zero-order valence-electron chi connectivity index (χ0n) is 6.81. The predicted octanol–water partition coefficient (Wildman–Crippen LogP) is -0.574. The topological polar surface area (TPSA) is 75.1 Å². The van der Waals surface area contributed by atoms with Crippen LogP contribution in [0.25, 0.3) is 0 Å². The van der Waals surface area contributed by atoms with Crippen LogP contribution in [0.1, 0.15) is 0 Å². The number of hydrogen-bond acceptors (Lipinski definition) is 5. The molecule has 0 amide bonds. The Morgan fingerprint density at radius 1 is 1.75 bits per heavy atom. The summed E-state index contributed by atoms with van der Waals surface area (Å²) in [6.45, 7) is -0.0458. The van der Waals surface area contributed by atoms with E-state index in [-0.39, 0.29) is 6.54 Å². The molecule has 0 saturated carbocycles. The van der Waals surface area contributed by atoms with Gasteiger partial charge in [0.1, 0.15) is 6.54 Å². The summed E-state index contributed by atoms with van der Waals surface area (Å²) in [6.07, 6.45) is 0. The number of hydrogen-bond donors (Lipinski definition) is 0. The maximum Gasteiger partial charge on any atom is 0.444 e. The van der Waals surface area contributed by atoms with Crippen molar-refractivity contribution >= 4 is 5.95 Å². The molecule has 0 N–H and O–H groups in total. The van der Waals surface area contributed by atoms with E-state index in [9.17, 15) is 4.79 Å². The zero-order chi connectivity index (χ0) is 9.14. The minimum absolute atomic E-state index is 0.0458. The Morgan fingerprint density at radius 2 is 2.42 bits per heavy atom. The number of nitrogens with zero attached hydrogens (tertiary/aromatic N) is 4. The van der Waals surface area contributed by atoms with Gasteiger partial charge in [-0.3, -0.25) is 4.52 Å². The van der Waals surface area contributed by atoms with Crippen molar-refractivity contribution < 1.29 is 4.52 Å². The molecule has 0 bridgehead atoms. The Kier molecular flexibility index (Phi) is 2.14. The second kappa shape index (κ2) is 3.09. The summed E-state index contributed by atoms with van der Waals surface area (Å²) in [7, 11) is 3.43. The van der Waals surface area contributed by atoms with E-state index in [1.165, 1.54) is 0 Å². The van der Waals surface area contributed by atoms with Crippen LogP contribution >= 0.6 is 0 Å². The van der Waals surface area contributed by atoms with Crippen molar-refractivity contribution in [2.45, 2.75) is 6.54 Å². The molecule has 12 heavy (non-hydrogen) atoms. The Bertz CT molecular complexity index is 356. The van der Waals surface area contributed by atoms with Crippen molar-refractivity contribution in [3.63, 3.8) is 0 Å². The van der Waals surface area contributed by atoms with E-state index in [1.807, 2.05) is 6.07 Å². The molecule has 0 saturated heterocycles. The van der Waals surface area contributed by atoms with Crippen LogP contribution in [0.3, 0.4) is 0 Å². The molecule has 0 aromatic carbocycles. The molecule has 0 aliphatic rings. The van der Waals surface area contributed by atoms with Crippen molar-refractivity contribution in [3.8, 4) is 6.07 Å². The Balaban J connectivity index is 3.14. The summed E-state index contributed by atoms with van der Waals surface area (Å²) in [6, 6.07) is 1.84. The lowest BCUT2D eigenvalue weighted by atomic mass is 10.7. The number of nitriles is 1. The average Bonchev–Trinajstić information content (AvgIpc) is 2.34. The molecule has 1 rings (SSSR count). The molecule has 0 radical (unpaired) electrons. The van der Waals surface area contributed by atoms with E-state index in [0.29, 0.717) is 5.95 Å². The van der Waals surface area contributed by atoms with Gasteiger partial charge in [0.25, 0.3) is 0 Å². The zero-order valence-corrected chi connectivity index (χ0v) is 6.81. The largest absolute Gasteiger partial charge is 0.444 e. The fraction of sp³-hybridized carbons (Fsp3) is 0.500. The standard InChI is InChI=1S/C6H8N4O2/c1-9(2)5-8-12-6(11)10(5)4-3-7/h4H2,1-2H3. The molecule has 0 aliphatic heterocycles. The molecule has 0 atom stereocenters. The van der Waals surface area contributed by atoms with E-state index in [2.05, 4.69) is 9.68 Å². The molecule has 1 heterocycles. The Morgan fingerprint density at radius 3 is 2.92 bits per heavy atom. The van der Waals surface area contributed by atoms with Crippen molar-refractivity contribution in [3.05, 3.63) is 10.6 Å². The quantitative estimate of drug-likeness (QED) is 0.590. The Hall–Kier alpha value is -1.77. The van der Waals surface area contributed by atoms with Crippen molar-refractivity contribution in [2.24, 2.45) is 0 Å². The lowest BCUT2D eigenvalue weighted by molar-refractivity contribution is 0.378. The van der Waals surface area contributed by atoms with E-state index < -0.39 is 5.76 Å². The molecular formula is C6H8N4O2. The highest BCUT2D eigenvalue weighted by Crippen LogP contribution is 2.02. The van der Waals surface area contributed by atoms with Gasteiger partial charge in [-0.2, -0.15) is 5.26 Å². The molecule has 0 spiro atoms. The summed E-state index contributed by atoms with van der Waals surface area (Å²) in [5.41, 5.74) is 0. The second-order valence-corrected chi connectivity index (χ2v) is 2.39. The van der Waals surface area contributed by atoms with E-state index >= 15 is 0 Å². The monoisotopic (exact) mass is 168 g/mol. The first-order valence-corrected chi connectivity index (χ1v) is 3.27. The molecular weight excluding hydrogens is 160 g/mol. The molecule has 0 unspecified atom stereocenters. The summed E-state index contributed by atoms with van der Waals surface area (Å²) < 4.78 is 5.53. The van der Waals surface area contributed by atoms with Gasteiger partial charge in [0.05, 0.1) is 6.07 Å². The van der Waals surface area contributed by atoms with Gasteiger partial charge in [0.15, 0.2) is 0 Å². The molecule has 0 fully saturated rings. The van der Waals surface area contributed by atoms with Gasteiger partial charge >= 0.3 is 5.76 Å². The van der Waals surface area contributed by atoms with E-state index in [4.69, 9.17) is 5.26 Å². The van der Waals surface area contributed by atoms with Gasteiger partial charge in [0.2, 0.25) is 5.95 Å². The highest BCUT2D eigenvalue weighted by Gasteiger charge is 2.10. The first-order valence-electron chi connectivity index (χ1n) is 3.27. The molecule has 1 aromatic rings. The lowest BCUT2D eigenvalue weighted by Crippen LogP contribution is -2.21. The van der Waals surface area contributed by atoms with Crippen molar-refractivity contribution in [2.75, 3.05) is 19.0 Å². The van der Waals surface area contributed by atoms with Crippen molar-refractivity contribution in [1.82, 2.24) is 9.72 Å². The summed E-state index contributed by atoms with van der Waals surface area (Å²) >= 11 is 0. The highest BCUT2D eigenvalue weighted by atomic mass is 16.5. The Labute approximate surface area is 68.6 Å². The second-order valence-electron chi connectivity index (χ2n) is 2.39. The third-order valence-corrected chi connectivity index (χ3v) is 1.30. The van der Waals surface area contributed by atoms with Crippen LogP contribution in [0.15, 0.2) is 9.32 Å². The highest BCUT2D eigenvalue weighted by molar-refractivity contribution is 5.25. The maximum absolute atomic E-state index is 10.9. The number of rotatable bonds is 2. The van der Waals surface area contributed by atoms with Crippen LogP contribution < -0.4 is 10.7 Å². The van der Waals surface area contributed by atoms with Crippen LogP contribution in [0.2, 0.25) is 0 Å². The predicted molar refractivity (Wildman–Crippen MR) is 40.7 cm³/mol. The van der Waals surface area contributed by atoms with Gasteiger partial charge < -0.3 is 4.90 Å². The minimum Gasteiger partial charge on any atom is -0.346 e.